The number of amides is 1. The maximum atomic E-state index is 11.6. The Morgan fingerprint density at radius 2 is 1.95 bits per heavy atom. The predicted molar refractivity (Wildman–Crippen MR) is 91.8 cm³/mol. The number of ether oxygens (including phenoxy) is 1. The largest absolute Gasteiger partial charge is 0.482 e. The second-order valence-electron chi connectivity index (χ2n) is 4.21. The maximum absolute atomic E-state index is 11.6. The van der Waals surface area contributed by atoms with Crippen molar-refractivity contribution >= 4 is 51.3 Å². The number of halogens is 3. The van der Waals surface area contributed by atoms with Gasteiger partial charge in [0, 0.05) is 15.6 Å². The Morgan fingerprint density at radius 3 is 2.68 bits per heavy atom. The SMILES string of the molecule is O=C(COc1cc(Cl)ccc1Cl)N/N=C/c1ccc(Br)cc1. The van der Waals surface area contributed by atoms with Crippen molar-refractivity contribution in [1.82, 2.24) is 5.43 Å². The van der Waals surface area contributed by atoms with Gasteiger partial charge in [0.05, 0.1) is 11.2 Å². The molecule has 0 fully saturated rings. The molecular weight excluding hydrogens is 391 g/mol. The topological polar surface area (TPSA) is 50.7 Å². The lowest BCUT2D eigenvalue weighted by Gasteiger charge is -2.07. The van der Waals surface area contributed by atoms with E-state index in [1.54, 1.807) is 18.2 Å². The summed E-state index contributed by atoms with van der Waals surface area (Å²) in [6, 6.07) is 12.3. The van der Waals surface area contributed by atoms with Gasteiger partial charge >= 0.3 is 0 Å². The van der Waals surface area contributed by atoms with Crippen molar-refractivity contribution in [2.75, 3.05) is 6.61 Å². The molecule has 0 heterocycles. The van der Waals surface area contributed by atoms with Crippen LogP contribution in [0, 0.1) is 0 Å². The third-order valence-corrected chi connectivity index (χ3v) is 3.60. The van der Waals surface area contributed by atoms with Gasteiger partial charge in [-0.25, -0.2) is 5.43 Å². The van der Waals surface area contributed by atoms with Crippen LogP contribution in [-0.2, 0) is 4.79 Å². The van der Waals surface area contributed by atoms with Crippen LogP contribution in [0.3, 0.4) is 0 Å². The van der Waals surface area contributed by atoms with Crippen molar-refractivity contribution in [2.24, 2.45) is 5.10 Å². The fraction of sp³-hybridized carbons (Fsp3) is 0.0667. The number of benzene rings is 2. The van der Waals surface area contributed by atoms with Crippen LogP contribution in [0.5, 0.6) is 5.75 Å². The molecule has 1 amide bonds. The van der Waals surface area contributed by atoms with E-state index in [1.807, 2.05) is 24.3 Å². The van der Waals surface area contributed by atoms with Crippen LogP contribution in [0.4, 0.5) is 0 Å². The predicted octanol–water partition coefficient (Wildman–Crippen LogP) is 4.29. The minimum atomic E-state index is -0.399. The zero-order valence-corrected chi connectivity index (χ0v) is 14.3. The smallest absolute Gasteiger partial charge is 0.277 e. The maximum Gasteiger partial charge on any atom is 0.277 e. The van der Waals surface area contributed by atoms with Gasteiger partial charge < -0.3 is 4.74 Å². The van der Waals surface area contributed by atoms with E-state index in [4.69, 9.17) is 27.9 Å². The highest BCUT2D eigenvalue weighted by molar-refractivity contribution is 9.10. The summed E-state index contributed by atoms with van der Waals surface area (Å²) in [5.74, 6) is -0.0504. The molecule has 114 valence electrons. The van der Waals surface area contributed by atoms with Gasteiger partial charge in [-0.1, -0.05) is 51.3 Å². The first-order valence-corrected chi connectivity index (χ1v) is 7.75. The number of carbonyl (C=O) groups excluding carboxylic acids is 1. The first-order chi connectivity index (χ1) is 10.5. The fourth-order valence-corrected chi connectivity index (χ4v) is 2.09. The summed E-state index contributed by atoms with van der Waals surface area (Å²) in [6.07, 6.45) is 1.54. The van der Waals surface area contributed by atoms with Crippen molar-refractivity contribution in [3.63, 3.8) is 0 Å². The van der Waals surface area contributed by atoms with Crippen molar-refractivity contribution in [3.05, 3.63) is 62.5 Å². The van der Waals surface area contributed by atoms with Crippen LogP contribution in [0.2, 0.25) is 10.0 Å². The van der Waals surface area contributed by atoms with Crippen LogP contribution < -0.4 is 10.2 Å². The number of rotatable bonds is 5. The van der Waals surface area contributed by atoms with Crippen LogP contribution in [0.15, 0.2) is 52.0 Å². The van der Waals surface area contributed by atoms with E-state index < -0.39 is 5.91 Å². The first kappa shape index (κ1) is 16.8. The molecule has 0 spiro atoms. The summed E-state index contributed by atoms with van der Waals surface area (Å²) < 4.78 is 6.26. The molecule has 0 saturated heterocycles. The average Bonchev–Trinajstić information content (AvgIpc) is 2.50. The zero-order chi connectivity index (χ0) is 15.9. The molecule has 4 nitrogen and oxygen atoms in total. The van der Waals surface area contributed by atoms with Gasteiger partial charge in [0.25, 0.3) is 5.91 Å². The molecule has 0 aliphatic carbocycles. The molecule has 0 aromatic heterocycles. The Morgan fingerprint density at radius 1 is 1.23 bits per heavy atom. The van der Waals surface area contributed by atoms with Crippen LogP contribution in [0.25, 0.3) is 0 Å². The highest BCUT2D eigenvalue weighted by Crippen LogP contribution is 2.27. The highest BCUT2D eigenvalue weighted by Gasteiger charge is 2.05. The van der Waals surface area contributed by atoms with E-state index in [0.717, 1.165) is 10.0 Å². The van der Waals surface area contributed by atoms with Crippen molar-refractivity contribution < 1.29 is 9.53 Å². The Hall–Kier alpha value is -1.56. The van der Waals surface area contributed by atoms with Crippen molar-refractivity contribution in [2.45, 2.75) is 0 Å². The van der Waals surface area contributed by atoms with E-state index in [-0.39, 0.29) is 6.61 Å². The molecule has 1 N–H and O–H groups in total. The summed E-state index contributed by atoms with van der Waals surface area (Å²) in [6.45, 7) is -0.211. The number of nitrogens with zero attached hydrogens (tertiary/aromatic N) is 1. The van der Waals surface area contributed by atoms with Gasteiger partial charge in [0.15, 0.2) is 6.61 Å². The van der Waals surface area contributed by atoms with Crippen LogP contribution >= 0.6 is 39.1 Å². The molecule has 2 rings (SSSR count). The molecule has 22 heavy (non-hydrogen) atoms. The third kappa shape index (κ3) is 5.33. The quantitative estimate of drug-likeness (QED) is 0.600. The molecule has 7 heteroatoms. The Kier molecular flexibility index (Phi) is 6.24. The van der Waals surface area contributed by atoms with E-state index in [9.17, 15) is 4.79 Å². The summed E-state index contributed by atoms with van der Waals surface area (Å²) in [4.78, 5) is 11.6. The normalized spacial score (nSPS) is 10.7. The van der Waals surface area contributed by atoms with Gasteiger partial charge in [-0.05, 0) is 29.8 Å². The lowest BCUT2D eigenvalue weighted by molar-refractivity contribution is -0.123. The molecule has 0 bridgehead atoms. The second kappa shape index (κ2) is 8.17. The van der Waals surface area contributed by atoms with Gasteiger partial charge in [0.2, 0.25) is 0 Å². The van der Waals surface area contributed by atoms with Gasteiger partial charge in [-0.2, -0.15) is 5.10 Å². The highest BCUT2D eigenvalue weighted by atomic mass is 79.9. The minimum Gasteiger partial charge on any atom is -0.482 e. The van der Waals surface area contributed by atoms with Crippen molar-refractivity contribution in [1.29, 1.82) is 0 Å². The van der Waals surface area contributed by atoms with Gasteiger partial charge in [-0.15, -0.1) is 0 Å². The molecule has 0 atom stereocenters. The Labute approximate surface area is 146 Å². The molecule has 0 aliphatic heterocycles. The molecule has 0 radical (unpaired) electrons. The molecule has 2 aromatic rings. The summed E-state index contributed by atoms with van der Waals surface area (Å²) in [5, 5.41) is 4.71. The fourth-order valence-electron chi connectivity index (χ4n) is 1.49. The number of hydrogen-bond acceptors (Lipinski definition) is 3. The molecule has 0 saturated carbocycles. The second-order valence-corrected chi connectivity index (χ2v) is 5.97. The van der Waals surface area contributed by atoms with Gasteiger partial charge in [0.1, 0.15) is 5.75 Å². The number of hydrazone groups is 1. The molecule has 0 aliphatic rings. The van der Waals surface area contributed by atoms with E-state index in [0.29, 0.717) is 15.8 Å². The van der Waals surface area contributed by atoms with Crippen LogP contribution in [0.1, 0.15) is 5.56 Å². The Balaban J connectivity index is 1.83. The number of carbonyl (C=O) groups is 1. The van der Waals surface area contributed by atoms with Crippen molar-refractivity contribution in [3.8, 4) is 5.75 Å². The minimum absolute atomic E-state index is 0.211. The van der Waals surface area contributed by atoms with Crippen LogP contribution in [-0.4, -0.2) is 18.7 Å². The van der Waals surface area contributed by atoms with E-state index in [2.05, 4.69) is 26.5 Å². The number of nitrogens with one attached hydrogen (secondary N) is 1. The molecule has 2 aromatic carbocycles. The average molecular weight is 402 g/mol. The van der Waals surface area contributed by atoms with E-state index >= 15 is 0 Å². The lowest BCUT2D eigenvalue weighted by Crippen LogP contribution is -2.24. The Bertz CT molecular complexity index is 690. The standard InChI is InChI=1S/C15H11BrCl2N2O2/c16-11-3-1-10(2-4-11)8-19-20-15(21)9-22-14-7-12(17)5-6-13(14)18/h1-8H,9H2,(H,20,21)/b19-8+. The lowest BCUT2D eigenvalue weighted by atomic mass is 10.2. The molecule has 0 unspecified atom stereocenters. The van der Waals surface area contributed by atoms with Gasteiger partial charge in [-0.3, -0.25) is 4.79 Å². The summed E-state index contributed by atoms with van der Waals surface area (Å²) in [7, 11) is 0. The zero-order valence-electron chi connectivity index (χ0n) is 11.2. The first-order valence-electron chi connectivity index (χ1n) is 6.20. The molecular formula is C15H11BrCl2N2O2. The monoisotopic (exact) mass is 400 g/mol. The number of hydrogen-bond donors (Lipinski definition) is 1. The third-order valence-electron chi connectivity index (χ3n) is 2.52. The summed E-state index contributed by atoms with van der Waals surface area (Å²) >= 11 is 15.1. The van der Waals surface area contributed by atoms with E-state index in [1.165, 1.54) is 6.21 Å². The summed E-state index contributed by atoms with van der Waals surface area (Å²) in [5.41, 5.74) is 3.23.